The Labute approximate surface area is 98.0 Å². The van der Waals surface area contributed by atoms with Crippen molar-refractivity contribution in [3.63, 3.8) is 0 Å². The number of rotatable bonds is 2. The molecule has 1 atom stereocenters. The summed E-state index contributed by atoms with van der Waals surface area (Å²) < 4.78 is 51.1. The van der Waals surface area contributed by atoms with Gasteiger partial charge in [-0.3, -0.25) is 0 Å². The van der Waals surface area contributed by atoms with Crippen LogP contribution in [0, 0.1) is 6.92 Å². The molecule has 3 N–H and O–H groups in total. The summed E-state index contributed by atoms with van der Waals surface area (Å²) in [6, 6.07) is 3.33. The predicted molar refractivity (Wildman–Crippen MR) is 58.8 cm³/mol. The zero-order chi connectivity index (χ0) is 12.8. The highest BCUT2D eigenvalue weighted by molar-refractivity contribution is 7.87. The number of hydrogen-bond donors (Lipinski definition) is 2. The molecule has 0 bridgehead atoms. The van der Waals surface area contributed by atoms with Gasteiger partial charge in [0.1, 0.15) is 6.04 Å². The molecule has 0 heterocycles. The second-order valence-electron chi connectivity index (χ2n) is 4.18. The molecule has 94 valence electrons. The first-order valence-corrected chi connectivity index (χ1v) is 6.51. The third-order valence-electron chi connectivity index (χ3n) is 2.83. The molecule has 1 aliphatic carbocycles. The maximum absolute atomic E-state index is 13.7. The van der Waals surface area contributed by atoms with Gasteiger partial charge in [-0.15, -0.1) is 0 Å². The van der Waals surface area contributed by atoms with Gasteiger partial charge >= 0.3 is 0 Å². The van der Waals surface area contributed by atoms with Crippen molar-refractivity contribution in [1.29, 1.82) is 0 Å². The highest BCUT2D eigenvalue weighted by Gasteiger charge is 2.49. The summed E-state index contributed by atoms with van der Waals surface area (Å²) in [5, 5.41) is 4.77. The van der Waals surface area contributed by atoms with Crippen molar-refractivity contribution in [2.45, 2.75) is 25.3 Å². The summed E-state index contributed by atoms with van der Waals surface area (Å²) in [4.78, 5) is 0. The molecule has 0 saturated heterocycles. The van der Waals surface area contributed by atoms with Crippen LogP contribution in [0.25, 0.3) is 0 Å². The molecule has 0 fully saturated rings. The Morgan fingerprint density at radius 3 is 2.71 bits per heavy atom. The van der Waals surface area contributed by atoms with E-state index in [-0.39, 0.29) is 0 Å². The van der Waals surface area contributed by atoms with Gasteiger partial charge in [0.15, 0.2) is 0 Å². The fourth-order valence-electron chi connectivity index (χ4n) is 2.19. The molecule has 0 unspecified atom stereocenters. The molecule has 1 aromatic carbocycles. The first-order valence-electron chi connectivity index (χ1n) is 4.97. The Morgan fingerprint density at radius 1 is 1.47 bits per heavy atom. The van der Waals surface area contributed by atoms with Crippen molar-refractivity contribution < 1.29 is 17.2 Å². The van der Waals surface area contributed by atoms with Crippen LogP contribution in [0.2, 0.25) is 0 Å². The van der Waals surface area contributed by atoms with Crippen molar-refractivity contribution in [3.05, 3.63) is 34.9 Å². The van der Waals surface area contributed by atoms with Crippen LogP contribution >= 0.6 is 0 Å². The average Bonchev–Trinajstić information content (AvgIpc) is 2.36. The molecule has 1 aromatic rings. The van der Waals surface area contributed by atoms with Crippen molar-refractivity contribution in [1.82, 2.24) is 4.72 Å². The summed E-state index contributed by atoms with van der Waals surface area (Å²) in [7, 11) is -4.17. The Bertz CT molecular complexity index is 557. The van der Waals surface area contributed by atoms with E-state index < -0.39 is 28.6 Å². The van der Waals surface area contributed by atoms with Gasteiger partial charge in [0.2, 0.25) is 0 Å². The molecule has 7 heteroatoms. The Balaban J connectivity index is 2.51. The van der Waals surface area contributed by atoms with Crippen molar-refractivity contribution in [3.8, 4) is 0 Å². The number of hydrogen-bond acceptors (Lipinski definition) is 2. The number of nitrogens with one attached hydrogen (secondary N) is 1. The minimum absolute atomic E-state index is 0.325. The van der Waals surface area contributed by atoms with Crippen molar-refractivity contribution in [2.24, 2.45) is 5.14 Å². The minimum atomic E-state index is -4.17. The molecule has 0 spiro atoms. The largest absolute Gasteiger partial charge is 0.275 e. The van der Waals surface area contributed by atoms with Crippen molar-refractivity contribution >= 4 is 10.2 Å². The molecule has 0 aromatic heterocycles. The van der Waals surface area contributed by atoms with E-state index in [0.717, 1.165) is 0 Å². The van der Waals surface area contributed by atoms with Crippen LogP contribution in [0.15, 0.2) is 18.2 Å². The fourth-order valence-corrected chi connectivity index (χ4v) is 2.80. The predicted octanol–water partition coefficient (Wildman–Crippen LogP) is 1.02. The molecule has 2 rings (SSSR count). The second kappa shape index (κ2) is 3.72. The van der Waals surface area contributed by atoms with Crippen LogP contribution in [0.1, 0.15) is 22.7 Å². The van der Waals surface area contributed by atoms with Crippen LogP contribution < -0.4 is 9.86 Å². The maximum Gasteiger partial charge on any atom is 0.275 e. The number of halogens is 2. The first-order chi connectivity index (χ1) is 7.71. The minimum Gasteiger partial charge on any atom is -0.216 e. The molecular weight excluding hydrogens is 250 g/mol. The van der Waals surface area contributed by atoms with Gasteiger partial charge in [-0.2, -0.15) is 13.1 Å². The zero-order valence-electron chi connectivity index (χ0n) is 9.07. The van der Waals surface area contributed by atoms with Gasteiger partial charge in [-0.25, -0.2) is 13.9 Å². The number of nitrogens with two attached hydrogens (primary N) is 1. The van der Waals surface area contributed by atoms with E-state index in [9.17, 15) is 17.2 Å². The number of alkyl halides is 2. The van der Waals surface area contributed by atoms with E-state index >= 15 is 0 Å². The molecule has 0 aliphatic heterocycles. The topological polar surface area (TPSA) is 72.2 Å². The Hall–Kier alpha value is -1.05. The van der Waals surface area contributed by atoms with Gasteiger partial charge < -0.3 is 0 Å². The van der Waals surface area contributed by atoms with E-state index in [0.29, 0.717) is 16.7 Å². The van der Waals surface area contributed by atoms with E-state index in [1.165, 1.54) is 0 Å². The highest BCUT2D eigenvalue weighted by Crippen LogP contribution is 2.44. The Morgan fingerprint density at radius 2 is 2.12 bits per heavy atom. The molecule has 4 nitrogen and oxygen atoms in total. The monoisotopic (exact) mass is 262 g/mol. The SMILES string of the molecule is Cc1cccc2c1[C@H](NS(N)(=O)=O)C(F)(F)C2. The standard InChI is InChI=1S/C10H12F2N2O2S/c1-6-3-2-4-7-5-10(11,12)9(8(6)7)14-17(13,15)16/h2-4,9,14H,5H2,1H3,(H2,13,15,16)/t9-/m0/s1. The lowest BCUT2D eigenvalue weighted by Gasteiger charge is -2.20. The lowest BCUT2D eigenvalue weighted by atomic mass is 10.0. The lowest BCUT2D eigenvalue weighted by Crippen LogP contribution is -2.41. The van der Waals surface area contributed by atoms with Gasteiger partial charge in [0.05, 0.1) is 0 Å². The summed E-state index contributed by atoms with van der Waals surface area (Å²) in [5.41, 5.74) is 1.41. The summed E-state index contributed by atoms with van der Waals surface area (Å²) in [6.07, 6.45) is -0.475. The van der Waals surface area contributed by atoms with Crippen LogP contribution in [-0.2, 0) is 16.6 Å². The second-order valence-corrected chi connectivity index (χ2v) is 5.51. The number of aryl methyl sites for hydroxylation is 1. The normalized spacial score (nSPS) is 22.5. The van der Waals surface area contributed by atoms with E-state index in [2.05, 4.69) is 0 Å². The zero-order valence-corrected chi connectivity index (χ0v) is 9.89. The van der Waals surface area contributed by atoms with Crippen LogP contribution in [-0.4, -0.2) is 14.3 Å². The molecular formula is C10H12F2N2O2S. The Kier molecular flexibility index (Phi) is 2.72. The molecule has 0 radical (unpaired) electrons. The number of fused-ring (bicyclic) bond motifs is 1. The third-order valence-corrected chi connectivity index (χ3v) is 3.40. The smallest absolute Gasteiger partial charge is 0.216 e. The van der Waals surface area contributed by atoms with Crippen LogP contribution in [0.3, 0.4) is 0 Å². The number of benzene rings is 1. The fraction of sp³-hybridized carbons (Fsp3) is 0.400. The lowest BCUT2D eigenvalue weighted by molar-refractivity contribution is -0.0188. The molecule has 17 heavy (non-hydrogen) atoms. The van der Waals surface area contributed by atoms with Crippen LogP contribution in [0.5, 0.6) is 0 Å². The molecule has 1 aliphatic rings. The van der Waals surface area contributed by atoms with Gasteiger partial charge in [0.25, 0.3) is 16.1 Å². The highest BCUT2D eigenvalue weighted by atomic mass is 32.2. The summed E-state index contributed by atoms with van der Waals surface area (Å²) in [5.74, 6) is -3.15. The van der Waals surface area contributed by atoms with Crippen molar-refractivity contribution in [2.75, 3.05) is 0 Å². The van der Waals surface area contributed by atoms with E-state index in [4.69, 9.17) is 5.14 Å². The summed E-state index contributed by atoms with van der Waals surface area (Å²) >= 11 is 0. The van der Waals surface area contributed by atoms with Gasteiger partial charge in [-0.05, 0) is 23.6 Å². The third kappa shape index (κ3) is 2.31. The summed E-state index contributed by atoms with van der Waals surface area (Å²) in [6.45, 7) is 1.66. The van der Waals surface area contributed by atoms with E-state index in [1.807, 2.05) is 0 Å². The molecule has 0 amide bonds. The van der Waals surface area contributed by atoms with Gasteiger partial charge in [-0.1, -0.05) is 18.2 Å². The van der Waals surface area contributed by atoms with E-state index in [1.54, 1.807) is 29.8 Å². The van der Waals surface area contributed by atoms with Gasteiger partial charge in [0, 0.05) is 6.42 Å². The maximum atomic E-state index is 13.7. The first kappa shape index (κ1) is 12.4. The van der Waals surface area contributed by atoms with Crippen LogP contribution in [0.4, 0.5) is 8.78 Å². The molecule has 0 saturated carbocycles. The average molecular weight is 262 g/mol. The quantitative estimate of drug-likeness (QED) is 0.835.